The maximum absolute atomic E-state index is 11.8. The summed E-state index contributed by atoms with van der Waals surface area (Å²) in [5.41, 5.74) is 0.848. The third-order valence-electron chi connectivity index (χ3n) is 4.54. The fourth-order valence-electron chi connectivity index (χ4n) is 3.08. The molecule has 3 rings (SSSR count). The van der Waals surface area contributed by atoms with Crippen molar-refractivity contribution in [2.75, 3.05) is 26.8 Å². The summed E-state index contributed by atoms with van der Waals surface area (Å²) in [7, 11) is 1.66. The zero-order valence-corrected chi connectivity index (χ0v) is 14.0. The number of benzene rings is 1. The number of likely N-dealkylation sites (tertiary alicyclic amines) is 1. The minimum absolute atomic E-state index is 0.0131. The van der Waals surface area contributed by atoms with E-state index >= 15 is 0 Å². The van der Waals surface area contributed by atoms with Crippen LogP contribution in [-0.2, 0) is 6.54 Å². The van der Waals surface area contributed by atoms with Gasteiger partial charge in [-0.2, -0.15) is 0 Å². The Morgan fingerprint density at radius 2 is 1.88 bits per heavy atom. The molecule has 128 valence electrons. The van der Waals surface area contributed by atoms with Crippen LogP contribution in [0.2, 0.25) is 0 Å². The van der Waals surface area contributed by atoms with Crippen molar-refractivity contribution in [3.8, 4) is 11.5 Å². The standard InChI is InChI=1S/C19H24N2O3/c1-23-17-6-2-3-7-18(17)24-14-15-8-11-21(12-9-15)13-16-5-4-10-20-19(16)22/h2-7,10,15H,8-9,11-14H2,1H3,(H,20,22). The van der Waals surface area contributed by atoms with E-state index in [0.29, 0.717) is 12.5 Å². The fourth-order valence-corrected chi connectivity index (χ4v) is 3.08. The van der Waals surface area contributed by atoms with Crippen LogP contribution in [0.5, 0.6) is 11.5 Å². The summed E-state index contributed by atoms with van der Waals surface area (Å²) in [5.74, 6) is 2.12. The quantitative estimate of drug-likeness (QED) is 0.886. The molecule has 0 unspecified atom stereocenters. The summed E-state index contributed by atoms with van der Waals surface area (Å²) < 4.78 is 11.3. The second-order valence-corrected chi connectivity index (χ2v) is 6.21. The van der Waals surface area contributed by atoms with Crippen LogP contribution in [0.15, 0.2) is 47.4 Å². The molecule has 2 aromatic rings. The van der Waals surface area contributed by atoms with Crippen molar-refractivity contribution in [2.45, 2.75) is 19.4 Å². The topological polar surface area (TPSA) is 54.6 Å². The van der Waals surface area contributed by atoms with Gasteiger partial charge in [-0.1, -0.05) is 18.2 Å². The van der Waals surface area contributed by atoms with E-state index in [0.717, 1.165) is 49.5 Å². The summed E-state index contributed by atoms with van der Waals surface area (Å²) in [4.78, 5) is 16.8. The Kier molecular flexibility index (Phi) is 5.54. The van der Waals surface area contributed by atoms with Gasteiger partial charge in [-0.25, -0.2) is 0 Å². The number of methoxy groups -OCH3 is 1. The fraction of sp³-hybridized carbons (Fsp3) is 0.421. The molecule has 1 aromatic carbocycles. The summed E-state index contributed by atoms with van der Waals surface area (Å²) in [5, 5.41) is 0. The molecule has 0 saturated carbocycles. The number of para-hydroxylation sites is 2. The molecule has 1 aliphatic rings. The van der Waals surface area contributed by atoms with Gasteiger partial charge in [0.15, 0.2) is 11.5 Å². The highest BCUT2D eigenvalue weighted by molar-refractivity contribution is 5.39. The number of nitrogens with zero attached hydrogens (tertiary/aromatic N) is 1. The van der Waals surface area contributed by atoms with E-state index in [1.165, 1.54) is 0 Å². The Morgan fingerprint density at radius 1 is 1.12 bits per heavy atom. The molecule has 5 heteroatoms. The molecule has 24 heavy (non-hydrogen) atoms. The Labute approximate surface area is 142 Å². The highest BCUT2D eigenvalue weighted by atomic mass is 16.5. The van der Waals surface area contributed by atoms with Crippen LogP contribution in [0.3, 0.4) is 0 Å². The van der Waals surface area contributed by atoms with Crippen molar-refractivity contribution in [1.29, 1.82) is 0 Å². The van der Waals surface area contributed by atoms with E-state index in [1.54, 1.807) is 13.3 Å². The summed E-state index contributed by atoms with van der Waals surface area (Å²) in [6, 6.07) is 11.5. The van der Waals surface area contributed by atoms with Gasteiger partial charge in [0.25, 0.3) is 5.56 Å². The zero-order chi connectivity index (χ0) is 16.8. The first-order valence-electron chi connectivity index (χ1n) is 8.41. The first-order chi connectivity index (χ1) is 11.8. The van der Waals surface area contributed by atoms with Gasteiger partial charge in [-0.3, -0.25) is 9.69 Å². The predicted octanol–water partition coefficient (Wildman–Crippen LogP) is 2.67. The van der Waals surface area contributed by atoms with Crippen molar-refractivity contribution in [3.63, 3.8) is 0 Å². The number of aromatic amines is 1. The van der Waals surface area contributed by atoms with E-state index in [9.17, 15) is 4.79 Å². The molecular weight excluding hydrogens is 304 g/mol. The number of piperidine rings is 1. The number of aromatic nitrogens is 1. The lowest BCUT2D eigenvalue weighted by Gasteiger charge is -2.31. The highest BCUT2D eigenvalue weighted by Gasteiger charge is 2.20. The van der Waals surface area contributed by atoms with Crippen LogP contribution < -0.4 is 15.0 Å². The van der Waals surface area contributed by atoms with Gasteiger partial charge in [-0.15, -0.1) is 0 Å². The van der Waals surface area contributed by atoms with E-state index < -0.39 is 0 Å². The highest BCUT2D eigenvalue weighted by Crippen LogP contribution is 2.27. The van der Waals surface area contributed by atoms with Crippen LogP contribution in [0.4, 0.5) is 0 Å². The van der Waals surface area contributed by atoms with Crippen molar-refractivity contribution >= 4 is 0 Å². The van der Waals surface area contributed by atoms with Gasteiger partial charge in [0.2, 0.25) is 0 Å². The Morgan fingerprint density at radius 3 is 2.58 bits per heavy atom. The first-order valence-corrected chi connectivity index (χ1v) is 8.41. The predicted molar refractivity (Wildman–Crippen MR) is 93.6 cm³/mol. The second kappa shape index (κ2) is 8.02. The van der Waals surface area contributed by atoms with Crippen LogP contribution in [-0.4, -0.2) is 36.7 Å². The normalized spacial score (nSPS) is 16.0. The number of pyridine rings is 1. The molecule has 0 aliphatic carbocycles. The average Bonchev–Trinajstić information content (AvgIpc) is 2.63. The summed E-state index contributed by atoms with van der Waals surface area (Å²) in [6.45, 7) is 3.42. The zero-order valence-electron chi connectivity index (χ0n) is 14.0. The largest absolute Gasteiger partial charge is 0.493 e. The smallest absolute Gasteiger partial charge is 0.252 e. The third kappa shape index (κ3) is 4.17. The van der Waals surface area contributed by atoms with Crippen LogP contribution in [0.1, 0.15) is 18.4 Å². The number of ether oxygens (including phenoxy) is 2. The molecule has 0 bridgehead atoms. The number of rotatable bonds is 6. The number of nitrogens with one attached hydrogen (secondary N) is 1. The van der Waals surface area contributed by atoms with Gasteiger partial charge in [0, 0.05) is 18.3 Å². The van der Waals surface area contributed by atoms with Gasteiger partial charge >= 0.3 is 0 Å². The van der Waals surface area contributed by atoms with E-state index in [1.807, 2.05) is 36.4 Å². The molecule has 5 nitrogen and oxygen atoms in total. The monoisotopic (exact) mass is 328 g/mol. The summed E-state index contributed by atoms with van der Waals surface area (Å²) >= 11 is 0. The lowest BCUT2D eigenvalue weighted by Crippen LogP contribution is -2.36. The summed E-state index contributed by atoms with van der Waals surface area (Å²) in [6.07, 6.45) is 3.84. The van der Waals surface area contributed by atoms with Crippen LogP contribution in [0.25, 0.3) is 0 Å². The third-order valence-corrected chi connectivity index (χ3v) is 4.54. The Hall–Kier alpha value is -2.27. The van der Waals surface area contributed by atoms with Gasteiger partial charge in [-0.05, 0) is 50.0 Å². The molecule has 0 atom stereocenters. The molecule has 1 N–H and O–H groups in total. The van der Waals surface area contributed by atoms with E-state index in [4.69, 9.17) is 9.47 Å². The molecule has 0 spiro atoms. The maximum Gasteiger partial charge on any atom is 0.252 e. The lowest BCUT2D eigenvalue weighted by molar-refractivity contribution is 0.134. The Bertz CT molecular complexity index is 706. The molecule has 2 heterocycles. The molecule has 1 fully saturated rings. The van der Waals surface area contributed by atoms with Gasteiger partial charge < -0.3 is 14.5 Å². The van der Waals surface area contributed by atoms with Gasteiger partial charge in [0.1, 0.15) is 0 Å². The molecular formula is C19H24N2O3. The lowest BCUT2D eigenvalue weighted by atomic mass is 9.97. The van der Waals surface area contributed by atoms with Crippen LogP contribution >= 0.6 is 0 Å². The van der Waals surface area contributed by atoms with Crippen molar-refractivity contribution in [2.24, 2.45) is 5.92 Å². The van der Waals surface area contributed by atoms with Crippen molar-refractivity contribution in [3.05, 3.63) is 58.5 Å². The van der Waals surface area contributed by atoms with E-state index in [2.05, 4.69) is 9.88 Å². The van der Waals surface area contributed by atoms with Crippen molar-refractivity contribution < 1.29 is 9.47 Å². The van der Waals surface area contributed by atoms with Gasteiger partial charge in [0.05, 0.1) is 13.7 Å². The van der Waals surface area contributed by atoms with E-state index in [-0.39, 0.29) is 5.56 Å². The maximum atomic E-state index is 11.8. The second-order valence-electron chi connectivity index (χ2n) is 6.21. The van der Waals surface area contributed by atoms with Crippen LogP contribution in [0, 0.1) is 5.92 Å². The minimum atomic E-state index is 0.0131. The first kappa shape index (κ1) is 16.6. The molecule has 1 aliphatic heterocycles. The number of hydrogen-bond acceptors (Lipinski definition) is 4. The molecule has 0 radical (unpaired) electrons. The molecule has 1 aromatic heterocycles. The molecule has 0 amide bonds. The number of hydrogen-bond donors (Lipinski definition) is 1. The average molecular weight is 328 g/mol. The Balaban J connectivity index is 1.47. The molecule has 1 saturated heterocycles. The SMILES string of the molecule is COc1ccccc1OCC1CCN(Cc2ccc[nH]c2=O)CC1. The number of H-pyrrole nitrogens is 1. The minimum Gasteiger partial charge on any atom is -0.493 e. The van der Waals surface area contributed by atoms with Crippen molar-refractivity contribution in [1.82, 2.24) is 9.88 Å².